The van der Waals surface area contributed by atoms with Crippen LogP contribution in [0.3, 0.4) is 0 Å². The number of hydrogen-bond donors (Lipinski definition) is 2. The van der Waals surface area contributed by atoms with Gasteiger partial charge in [-0.1, -0.05) is 12.8 Å². The zero-order valence-electron chi connectivity index (χ0n) is 12.2. The second-order valence-electron chi connectivity index (χ2n) is 5.68. The number of imide groups is 1. The third-order valence-corrected chi connectivity index (χ3v) is 4.17. The van der Waals surface area contributed by atoms with Crippen LogP contribution in [0.15, 0.2) is 0 Å². The molecule has 1 heterocycles. The normalized spacial score (nSPS) is 20.1. The van der Waals surface area contributed by atoms with Crippen molar-refractivity contribution >= 4 is 23.6 Å². The number of rotatable bonds is 5. The van der Waals surface area contributed by atoms with Crippen LogP contribution < -0.4 is 10.6 Å². The van der Waals surface area contributed by atoms with Crippen LogP contribution in [-0.4, -0.2) is 48.2 Å². The van der Waals surface area contributed by atoms with Crippen LogP contribution in [0, 0.1) is 5.41 Å². The van der Waals surface area contributed by atoms with Gasteiger partial charge >= 0.3 is 0 Å². The number of nitrogens with zero attached hydrogens (tertiary/aromatic N) is 1. The molecule has 1 saturated heterocycles. The Bertz CT molecular complexity index is 469. The van der Waals surface area contributed by atoms with E-state index in [1.165, 1.54) is 0 Å². The molecule has 0 unspecified atom stereocenters. The summed E-state index contributed by atoms with van der Waals surface area (Å²) in [5.74, 6) is -1.29. The number of nitrogens with one attached hydrogen (secondary N) is 2. The minimum absolute atomic E-state index is 0.145. The van der Waals surface area contributed by atoms with E-state index >= 15 is 0 Å². The Hall–Kier alpha value is -1.92. The highest BCUT2D eigenvalue weighted by Crippen LogP contribution is 2.46. The summed E-state index contributed by atoms with van der Waals surface area (Å²) in [6, 6.07) is 0. The van der Waals surface area contributed by atoms with Gasteiger partial charge in [-0.25, -0.2) is 0 Å². The van der Waals surface area contributed by atoms with Gasteiger partial charge in [0.25, 0.3) is 0 Å². The molecule has 2 aliphatic rings. The molecule has 0 bridgehead atoms. The Kier molecular flexibility index (Phi) is 4.59. The summed E-state index contributed by atoms with van der Waals surface area (Å²) in [5.41, 5.74) is -0.559. The van der Waals surface area contributed by atoms with Crippen LogP contribution >= 0.6 is 0 Å². The largest absolute Gasteiger partial charge is 0.355 e. The molecular formula is C14H21N3O4. The minimum Gasteiger partial charge on any atom is -0.355 e. The van der Waals surface area contributed by atoms with Gasteiger partial charge in [0, 0.05) is 13.0 Å². The van der Waals surface area contributed by atoms with Gasteiger partial charge in [0.1, 0.15) is 6.54 Å². The van der Waals surface area contributed by atoms with E-state index in [-0.39, 0.29) is 37.2 Å². The van der Waals surface area contributed by atoms with Crippen molar-refractivity contribution in [3.05, 3.63) is 0 Å². The molecule has 21 heavy (non-hydrogen) atoms. The van der Waals surface area contributed by atoms with Gasteiger partial charge in [0.15, 0.2) is 0 Å². The molecular weight excluding hydrogens is 274 g/mol. The predicted molar refractivity (Wildman–Crippen MR) is 73.9 cm³/mol. The number of carbonyl (C=O) groups is 4. The quantitative estimate of drug-likeness (QED) is 0.672. The summed E-state index contributed by atoms with van der Waals surface area (Å²) in [7, 11) is 0. The SMILES string of the molecule is CCNC(=O)CNC(=O)CN1C(=O)CC2(CCCC2)C1=O. The number of amides is 4. The molecule has 0 aromatic heterocycles. The van der Waals surface area contributed by atoms with E-state index in [9.17, 15) is 19.2 Å². The van der Waals surface area contributed by atoms with Gasteiger partial charge < -0.3 is 10.6 Å². The molecule has 2 rings (SSSR count). The zero-order chi connectivity index (χ0) is 15.5. The Morgan fingerprint density at radius 3 is 2.43 bits per heavy atom. The van der Waals surface area contributed by atoms with E-state index in [2.05, 4.69) is 10.6 Å². The van der Waals surface area contributed by atoms with Crippen LogP contribution in [0.25, 0.3) is 0 Å². The van der Waals surface area contributed by atoms with E-state index in [4.69, 9.17) is 0 Å². The molecule has 7 heteroatoms. The molecule has 1 spiro atoms. The molecule has 7 nitrogen and oxygen atoms in total. The topological polar surface area (TPSA) is 95.6 Å². The van der Waals surface area contributed by atoms with Gasteiger partial charge in [-0.3, -0.25) is 24.1 Å². The van der Waals surface area contributed by atoms with Gasteiger partial charge in [-0.15, -0.1) is 0 Å². The van der Waals surface area contributed by atoms with E-state index in [0.717, 1.165) is 30.6 Å². The zero-order valence-corrected chi connectivity index (χ0v) is 12.2. The maximum absolute atomic E-state index is 12.4. The first-order valence-electron chi connectivity index (χ1n) is 7.37. The molecule has 0 atom stereocenters. The molecule has 0 radical (unpaired) electrons. The second-order valence-corrected chi connectivity index (χ2v) is 5.68. The monoisotopic (exact) mass is 295 g/mol. The fourth-order valence-corrected chi connectivity index (χ4v) is 3.10. The first-order chi connectivity index (χ1) is 9.98. The Morgan fingerprint density at radius 1 is 1.14 bits per heavy atom. The van der Waals surface area contributed by atoms with Gasteiger partial charge in [0.2, 0.25) is 23.6 Å². The molecule has 1 saturated carbocycles. The van der Waals surface area contributed by atoms with Gasteiger partial charge in [-0.2, -0.15) is 0 Å². The highest BCUT2D eigenvalue weighted by atomic mass is 16.2. The lowest BCUT2D eigenvalue weighted by Crippen LogP contribution is -2.44. The molecule has 1 aliphatic heterocycles. The van der Waals surface area contributed by atoms with Crippen molar-refractivity contribution in [2.75, 3.05) is 19.6 Å². The second kappa shape index (κ2) is 6.24. The van der Waals surface area contributed by atoms with Crippen LogP contribution in [0.2, 0.25) is 0 Å². The predicted octanol–water partition coefficient (Wildman–Crippen LogP) is -0.442. The number of carbonyl (C=O) groups excluding carboxylic acids is 4. The van der Waals surface area contributed by atoms with E-state index < -0.39 is 11.3 Å². The van der Waals surface area contributed by atoms with Crippen LogP contribution in [0.5, 0.6) is 0 Å². The van der Waals surface area contributed by atoms with Crippen molar-refractivity contribution in [2.24, 2.45) is 5.41 Å². The first-order valence-corrected chi connectivity index (χ1v) is 7.37. The Morgan fingerprint density at radius 2 is 1.81 bits per heavy atom. The van der Waals surface area contributed by atoms with Crippen LogP contribution in [0.1, 0.15) is 39.0 Å². The molecule has 1 aliphatic carbocycles. The lowest BCUT2D eigenvalue weighted by atomic mass is 9.84. The van der Waals surface area contributed by atoms with Crippen molar-refractivity contribution in [2.45, 2.75) is 39.0 Å². The third-order valence-electron chi connectivity index (χ3n) is 4.17. The van der Waals surface area contributed by atoms with Crippen molar-refractivity contribution in [1.82, 2.24) is 15.5 Å². The van der Waals surface area contributed by atoms with Crippen molar-refractivity contribution in [3.63, 3.8) is 0 Å². The number of likely N-dealkylation sites (tertiary alicyclic amines) is 1. The maximum atomic E-state index is 12.4. The van der Waals surface area contributed by atoms with Gasteiger partial charge in [0.05, 0.1) is 12.0 Å². The average molecular weight is 295 g/mol. The summed E-state index contributed by atoms with van der Waals surface area (Å²) < 4.78 is 0. The summed E-state index contributed by atoms with van der Waals surface area (Å²) >= 11 is 0. The standard InChI is InChI=1S/C14H21N3O4/c1-2-15-10(18)8-16-11(19)9-17-12(20)7-14(13(17)21)5-3-4-6-14/h2-9H2,1H3,(H,15,18)(H,16,19). The molecule has 0 aromatic rings. The highest BCUT2D eigenvalue weighted by molar-refractivity contribution is 6.08. The van der Waals surface area contributed by atoms with E-state index in [1.807, 2.05) is 0 Å². The van der Waals surface area contributed by atoms with Crippen LogP contribution in [0.4, 0.5) is 0 Å². The van der Waals surface area contributed by atoms with Crippen molar-refractivity contribution in [3.8, 4) is 0 Å². The summed E-state index contributed by atoms with van der Waals surface area (Å²) in [6.45, 7) is 1.83. The molecule has 116 valence electrons. The lowest BCUT2D eigenvalue weighted by molar-refractivity contribution is -0.144. The molecule has 2 fully saturated rings. The fraction of sp³-hybridized carbons (Fsp3) is 0.714. The maximum Gasteiger partial charge on any atom is 0.240 e. The summed E-state index contributed by atoms with van der Waals surface area (Å²) in [4.78, 5) is 48.4. The third kappa shape index (κ3) is 3.22. The Balaban J connectivity index is 1.87. The number of likely N-dealkylation sites (N-methyl/N-ethyl adjacent to an activating group) is 1. The fourth-order valence-electron chi connectivity index (χ4n) is 3.10. The van der Waals surface area contributed by atoms with Crippen molar-refractivity contribution < 1.29 is 19.2 Å². The highest BCUT2D eigenvalue weighted by Gasteiger charge is 2.52. The van der Waals surface area contributed by atoms with Crippen LogP contribution in [-0.2, 0) is 19.2 Å². The summed E-state index contributed by atoms with van der Waals surface area (Å²) in [6.07, 6.45) is 3.59. The summed E-state index contributed by atoms with van der Waals surface area (Å²) in [5, 5.41) is 4.97. The molecule has 4 amide bonds. The van der Waals surface area contributed by atoms with Crippen molar-refractivity contribution in [1.29, 1.82) is 0 Å². The smallest absolute Gasteiger partial charge is 0.240 e. The molecule has 0 aromatic carbocycles. The lowest BCUT2D eigenvalue weighted by Gasteiger charge is -2.20. The van der Waals surface area contributed by atoms with Gasteiger partial charge in [-0.05, 0) is 19.8 Å². The number of hydrogen-bond acceptors (Lipinski definition) is 4. The minimum atomic E-state index is -0.559. The first kappa shape index (κ1) is 15.5. The van der Waals surface area contributed by atoms with E-state index in [0.29, 0.717) is 6.54 Å². The Labute approximate surface area is 123 Å². The molecule has 2 N–H and O–H groups in total. The average Bonchev–Trinajstić information content (AvgIpc) is 2.99. The van der Waals surface area contributed by atoms with E-state index in [1.54, 1.807) is 6.92 Å².